The molecule has 5 nitrogen and oxygen atoms in total. The molecular weight excluding hydrogens is 356 g/mol. The number of para-hydroxylation sites is 2. The van der Waals surface area contributed by atoms with Crippen molar-refractivity contribution in [2.24, 2.45) is 0 Å². The van der Waals surface area contributed by atoms with Crippen LogP contribution in [0.2, 0.25) is 0 Å². The summed E-state index contributed by atoms with van der Waals surface area (Å²) in [4.78, 5) is 9.39. The highest BCUT2D eigenvalue weighted by molar-refractivity contribution is 7.13. The van der Waals surface area contributed by atoms with Gasteiger partial charge in [-0.3, -0.25) is 4.90 Å². The number of benzene rings is 2. The third kappa shape index (κ3) is 4.40. The highest BCUT2D eigenvalue weighted by Gasteiger charge is 2.19. The number of thiazole rings is 1. The maximum Gasteiger partial charge on any atom is 0.187 e. The summed E-state index contributed by atoms with van der Waals surface area (Å²) in [5.74, 6) is 0.359. The number of aryl methyl sites for hydroxylation is 1. The molecule has 4 rings (SSSR count). The van der Waals surface area contributed by atoms with E-state index in [0.29, 0.717) is 5.75 Å². The Bertz CT molecular complexity index is 885. The van der Waals surface area contributed by atoms with Crippen molar-refractivity contribution in [3.63, 3.8) is 0 Å². The van der Waals surface area contributed by atoms with E-state index in [1.807, 2.05) is 18.2 Å². The molecule has 2 heterocycles. The van der Waals surface area contributed by atoms with Crippen molar-refractivity contribution in [1.29, 1.82) is 0 Å². The number of piperazine rings is 1. The van der Waals surface area contributed by atoms with Gasteiger partial charge in [0.2, 0.25) is 0 Å². The van der Waals surface area contributed by atoms with Gasteiger partial charge in [0.15, 0.2) is 5.13 Å². The van der Waals surface area contributed by atoms with E-state index in [2.05, 4.69) is 51.7 Å². The van der Waals surface area contributed by atoms with E-state index in [1.54, 1.807) is 17.4 Å². The summed E-state index contributed by atoms with van der Waals surface area (Å²) in [6.07, 6.45) is 0. The first-order valence-electron chi connectivity index (χ1n) is 9.21. The van der Waals surface area contributed by atoms with Crippen molar-refractivity contribution in [2.45, 2.75) is 13.5 Å². The van der Waals surface area contributed by atoms with Gasteiger partial charge >= 0.3 is 0 Å². The molecule has 140 valence electrons. The van der Waals surface area contributed by atoms with Crippen LogP contribution in [0.15, 0.2) is 53.9 Å². The van der Waals surface area contributed by atoms with Gasteiger partial charge in [0.05, 0.1) is 11.4 Å². The van der Waals surface area contributed by atoms with Gasteiger partial charge in [0, 0.05) is 43.8 Å². The van der Waals surface area contributed by atoms with Crippen molar-refractivity contribution in [3.8, 4) is 5.75 Å². The second-order valence-corrected chi connectivity index (χ2v) is 7.75. The van der Waals surface area contributed by atoms with Crippen LogP contribution in [-0.2, 0) is 6.54 Å². The van der Waals surface area contributed by atoms with Crippen LogP contribution < -0.4 is 10.2 Å². The lowest BCUT2D eigenvalue weighted by molar-refractivity contribution is 0.247. The van der Waals surface area contributed by atoms with Crippen LogP contribution in [0.5, 0.6) is 5.75 Å². The van der Waals surface area contributed by atoms with E-state index >= 15 is 0 Å². The van der Waals surface area contributed by atoms with E-state index in [1.165, 1.54) is 5.56 Å². The number of rotatable bonds is 5. The summed E-state index contributed by atoms with van der Waals surface area (Å²) in [5, 5.41) is 16.5. The summed E-state index contributed by atoms with van der Waals surface area (Å²) >= 11 is 1.64. The minimum Gasteiger partial charge on any atom is -0.506 e. The molecule has 6 heteroatoms. The van der Waals surface area contributed by atoms with Crippen molar-refractivity contribution in [1.82, 2.24) is 9.88 Å². The highest BCUT2D eigenvalue weighted by atomic mass is 32.1. The largest absolute Gasteiger partial charge is 0.506 e. The predicted octanol–water partition coefficient (Wildman–Crippen LogP) is 4.22. The molecule has 0 unspecified atom stereocenters. The lowest BCUT2D eigenvalue weighted by Gasteiger charge is -2.36. The number of anilines is 3. The lowest BCUT2D eigenvalue weighted by atomic mass is 10.2. The Morgan fingerprint density at radius 2 is 1.78 bits per heavy atom. The molecule has 2 aromatic carbocycles. The number of aromatic nitrogens is 1. The fraction of sp³-hybridized carbons (Fsp3) is 0.286. The monoisotopic (exact) mass is 380 g/mol. The van der Waals surface area contributed by atoms with Gasteiger partial charge in [0.1, 0.15) is 5.75 Å². The summed E-state index contributed by atoms with van der Waals surface area (Å²) in [7, 11) is 0. The number of aromatic hydroxyl groups is 1. The molecule has 0 amide bonds. The molecular formula is C21H24N4OS. The molecule has 0 radical (unpaired) electrons. The Morgan fingerprint density at radius 3 is 2.52 bits per heavy atom. The van der Waals surface area contributed by atoms with Gasteiger partial charge in [-0.05, 0) is 31.2 Å². The van der Waals surface area contributed by atoms with E-state index in [9.17, 15) is 5.11 Å². The summed E-state index contributed by atoms with van der Waals surface area (Å²) in [6.45, 7) is 6.70. The molecule has 1 aromatic heterocycles. The minimum atomic E-state index is 0.359. The van der Waals surface area contributed by atoms with Crippen LogP contribution in [0.25, 0.3) is 0 Å². The number of hydrogen-bond acceptors (Lipinski definition) is 6. The predicted molar refractivity (Wildman–Crippen MR) is 112 cm³/mol. The molecule has 1 saturated heterocycles. The summed E-state index contributed by atoms with van der Waals surface area (Å²) < 4.78 is 0. The average Bonchev–Trinajstić information content (AvgIpc) is 3.12. The standard InChI is InChI=1S/C21H24N4OS/c1-16-6-8-17(9-7-16)22-21-23-18(15-27-21)14-24-10-12-25(13-11-24)19-4-2-3-5-20(19)26/h2-9,15,26H,10-14H2,1H3,(H,22,23). The van der Waals surface area contributed by atoms with E-state index in [0.717, 1.165) is 54.9 Å². The molecule has 1 aliphatic heterocycles. The first kappa shape index (κ1) is 17.8. The number of hydrogen-bond donors (Lipinski definition) is 2. The fourth-order valence-electron chi connectivity index (χ4n) is 3.30. The number of nitrogens with one attached hydrogen (secondary N) is 1. The molecule has 0 bridgehead atoms. The number of nitrogens with zero attached hydrogens (tertiary/aromatic N) is 3. The topological polar surface area (TPSA) is 51.6 Å². The van der Waals surface area contributed by atoms with Gasteiger partial charge in [-0.15, -0.1) is 11.3 Å². The zero-order chi connectivity index (χ0) is 18.6. The van der Waals surface area contributed by atoms with Crippen LogP contribution >= 0.6 is 11.3 Å². The molecule has 0 atom stereocenters. The van der Waals surface area contributed by atoms with Gasteiger partial charge in [0.25, 0.3) is 0 Å². The zero-order valence-electron chi connectivity index (χ0n) is 15.4. The molecule has 3 aromatic rings. The van der Waals surface area contributed by atoms with E-state index in [-0.39, 0.29) is 0 Å². The van der Waals surface area contributed by atoms with Crippen LogP contribution in [0.1, 0.15) is 11.3 Å². The molecule has 0 saturated carbocycles. The normalized spacial score (nSPS) is 15.1. The van der Waals surface area contributed by atoms with Crippen molar-refractivity contribution < 1.29 is 5.11 Å². The maximum atomic E-state index is 10.0. The van der Waals surface area contributed by atoms with Crippen LogP contribution in [0.4, 0.5) is 16.5 Å². The van der Waals surface area contributed by atoms with Gasteiger partial charge in [-0.1, -0.05) is 29.8 Å². The molecule has 0 aliphatic carbocycles. The van der Waals surface area contributed by atoms with Crippen molar-refractivity contribution in [2.75, 3.05) is 36.4 Å². The number of phenolic OH excluding ortho intramolecular Hbond substituents is 1. The molecule has 0 spiro atoms. The Balaban J connectivity index is 1.31. The molecule has 27 heavy (non-hydrogen) atoms. The van der Waals surface area contributed by atoms with Gasteiger partial charge < -0.3 is 15.3 Å². The van der Waals surface area contributed by atoms with Crippen LogP contribution in [0, 0.1) is 6.92 Å². The van der Waals surface area contributed by atoms with Gasteiger partial charge in [-0.2, -0.15) is 0 Å². The lowest BCUT2D eigenvalue weighted by Crippen LogP contribution is -2.46. The number of phenols is 1. The third-order valence-electron chi connectivity index (χ3n) is 4.83. The molecule has 1 fully saturated rings. The Labute approximate surface area is 163 Å². The Kier molecular flexibility index (Phi) is 5.27. The second kappa shape index (κ2) is 7.98. The van der Waals surface area contributed by atoms with E-state index < -0.39 is 0 Å². The quantitative estimate of drug-likeness (QED) is 0.694. The van der Waals surface area contributed by atoms with Crippen LogP contribution in [-0.4, -0.2) is 41.2 Å². The van der Waals surface area contributed by atoms with Gasteiger partial charge in [-0.25, -0.2) is 4.98 Å². The second-order valence-electron chi connectivity index (χ2n) is 6.89. The van der Waals surface area contributed by atoms with Crippen molar-refractivity contribution >= 4 is 27.8 Å². The van der Waals surface area contributed by atoms with Crippen molar-refractivity contribution in [3.05, 3.63) is 65.2 Å². The molecule has 2 N–H and O–H groups in total. The average molecular weight is 381 g/mol. The summed E-state index contributed by atoms with van der Waals surface area (Å²) in [6, 6.07) is 15.9. The Morgan fingerprint density at radius 1 is 1.04 bits per heavy atom. The fourth-order valence-corrected chi connectivity index (χ4v) is 4.03. The first-order chi connectivity index (χ1) is 13.2. The zero-order valence-corrected chi connectivity index (χ0v) is 16.2. The minimum absolute atomic E-state index is 0.359. The maximum absolute atomic E-state index is 10.0. The first-order valence-corrected chi connectivity index (χ1v) is 10.1. The molecule has 1 aliphatic rings. The summed E-state index contributed by atoms with van der Waals surface area (Å²) in [5.41, 5.74) is 4.35. The van der Waals surface area contributed by atoms with Crippen LogP contribution in [0.3, 0.4) is 0 Å². The Hall–Kier alpha value is -2.57. The van der Waals surface area contributed by atoms with E-state index in [4.69, 9.17) is 4.98 Å². The smallest absolute Gasteiger partial charge is 0.187 e. The SMILES string of the molecule is Cc1ccc(Nc2nc(CN3CCN(c4ccccc4O)CC3)cs2)cc1. The highest BCUT2D eigenvalue weighted by Crippen LogP contribution is 2.28. The third-order valence-corrected chi connectivity index (χ3v) is 5.64.